The summed E-state index contributed by atoms with van der Waals surface area (Å²) in [5, 5.41) is 32.0. The number of aliphatic hydroxyl groups is 3. The maximum absolute atomic E-state index is 13.6. The number of amides is 1. The van der Waals surface area contributed by atoms with Crippen molar-refractivity contribution in [1.82, 2.24) is 9.97 Å². The van der Waals surface area contributed by atoms with Crippen molar-refractivity contribution in [2.45, 2.75) is 31.5 Å². The van der Waals surface area contributed by atoms with Crippen molar-refractivity contribution in [3.8, 4) is 5.75 Å². The van der Waals surface area contributed by atoms with Gasteiger partial charge in [0.2, 0.25) is 0 Å². The van der Waals surface area contributed by atoms with Crippen LogP contribution in [0.5, 0.6) is 5.75 Å². The van der Waals surface area contributed by atoms with Crippen molar-refractivity contribution in [3.05, 3.63) is 88.9 Å². The minimum Gasteiger partial charge on any atom is -0.491 e. The van der Waals surface area contributed by atoms with Crippen LogP contribution in [0.3, 0.4) is 0 Å². The maximum atomic E-state index is 13.6. The van der Waals surface area contributed by atoms with Crippen LogP contribution in [0, 0.1) is 0 Å². The lowest BCUT2D eigenvalue weighted by Gasteiger charge is -2.32. The van der Waals surface area contributed by atoms with Crippen molar-refractivity contribution < 1.29 is 29.6 Å². The lowest BCUT2D eigenvalue weighted by atomic mass is 9.71. The molecule has 0 radical (unpaired) electrons. The molecule has 0 spiro atoms. The Balaban J connectivity index is 1.47. The number of rotatable bonds is 7. The number of aliphatic hydroxyl groups excluding tert-OH is 3. The summed E-state index contributed by atoms with van der Waals surface area (Å²) in [5.41, 5.74) is 3.70. The number of H-pyrrole nitrogens is 1. The molecule has 1 aliphatic carbocycles. The number of ketones is 1. The minimum atomic E-state index is -1.30. The number of benzene rings is 2. The fraction of sp³-hybridized carbons (Fsp3) is 0.250. The third-order valence-corrected chi connectivity index (χ3v) is 6.79. The highest BCUT2D eigenvalue weighted by Gasteiger charge is 2.40. The van der Waals surface area contributed by atoms with Gasteiger partial charge in [-0.1, -0.05) is 19.9 Å². The van der Waals surface area contributed by atoms with Crippen molar-refractivity contribution in [3.63, 3.8) is 0 Å². The monoisotopic (exact) mass is 501 g/mol. The second-order valence-corrected chi connectivity index (χ2v) is 9.62. The van der Waals surface area contributed by atoms with Crippen LogP contribution >= 0.6 is 0 Å². The Hall–Kier alpha value is -4.05. The SMILES string of the molecule is CC1(C)c2cc(OC[C@@H](O)[C@H](O)CO)ccc2C(=O)c2c1[nH]c1cc(C(=O)Nc3cccnc3)ccc21. The van der Waals surface area contributed by atoms with Gasteiger partial charge in [0, 0.05) is 39.3 Å². The molecule has 0 unspecified atom stereocenters. The molecule has 37 heavy (non-hydrogen) atoms. The first kappa shape index (κ1) is 24.6. The fourth-order valence-corrected chi connectivity index (χ4v) is 4.70. The number of hydrogen-bond donors (Lipinski definition) is 5. The van der Waals surface area contributed by atoms with Gasteiger partial charge in [0.1, 0.15) is 24.6 Å². The number of aromatic amines is 1. The largest absolute Gasteiger partial charge is 0.491 e. The van der Waals surface area contributed by atoms with Gasteiger partial charge >= 0.3 is 0 Å². The summed E-state index contributed by atoms with van der Waals surface area (Å²) in [6.07, 6.45) is 0.638. The number of pyridine rings is 1. The molecular formula is C28H27N3O6. The van der Waals surface area contributed by atoms with E-state index in [0.717, 1.165) is 16.6 Å². The van der Waals surface area contributed by atoms with Crippen molar-refractivity contribution in [2.24, 2.45) is 0 Å². The number of carbonyl (C=O) groups excluding carboxylic acids is 2. The van der Waals surface area contributed by atoms with Gasteiger partial charge in [-0.05, 0) is 48.0 Å². The number of ether oxygens (including phenoxy) is 1. The molecule has 1 amide bonds. The van der Waals surface area contributed by atoms with Gasteiger partial charge in [-0.3, -0.25) is 14.6 Å². The second kappa shape index (κ2) is 9.44. The Labute approximate surface area is 212 Å². The van der Waals surface area contributed by atoms with Gasteiger partial charge in [-0.2, -0.15) is 0 Å². The van der Waals surface area contributed by atoms with Crippen molar-refractivity contribution in [2.75, 3.05) is 18.5 Å². The summed E-state index contributed by atoms with van der Waals surface area (Å²) in [6.45, 7) is 3.20. The number of anilines is 1. The van der Waals surface area contributed by atoms with Gasteiger partial charge in [0.25, 0.3) is 5.91 Å². The number of carbonyl (C=O) groups is 2. The van der Waals surface area contributed by atoms with Gasteiger partial charge < -0.3 is 30.4 Å². The third-order valence-electron chi connectivity index (χ3n) is 6.79. The molecule has 5 N–H and O–H groups in total. The lowest BCUT2D eigenvalue weighted by Crippen LogP contribution is -2.34. The second-order valence-electron chi connectivity index (χ2n) is 9.62. The molecule has 0 saturated heterocycles. The Morgan fingerprint density at radius 2 is 1.95 bits per heavy atom. The Morgan fingerprint density at radius 3 is 2.68 bits per heavy atom. The molecule has 2 heterocycles. The molecule has 0 fully saturated rings. The first-order chi connectivity index (χ1) is 17.7. The third kappa shape index (κ3) is 4.37. The Morgan fingerprint density at radius 1 is 1.14 bits per heavy atom. The lowest BCUT2D eigenvalue weighted by molar-refractivity contribution is -0.0339. The zero-order valence-corrected chi connectivity index (χ0v) is 20.4. The first-order valence-corrected chi connectivity index (χ1v) is 11.9. The average Bonchev–Trinajstić information content (AvgIpc) is 3.31. The Kier molecular flexibility index (Phi) is 6.28. The summed E-state index contributed by atoms with van der Waals surface area (Å²) < 4.78 is 5.63. The van der Waals surface area contributed by atoms with Crippen molar-refractivity contribution in [1.29, 1.82) is 0 Å². The van der Waals surface area contributed by atoms with E-state index in [1.54, 1.807) is 60.9 Å². The molecule has 2 aromatic heterocycles. The number of nitrogens with zero attached hydrogens (tertiary/aromatic N) is 1. The zero-order chi connectivity index (χ0) is 26.3. The minimum absolute atomic E-state index is 0.134. The van der Waals surface area contributed by atoms with Crippen LogP contribution in [0.4, 0.5) is 5.69 Å². The highest BCUT2D eigenvalue weighted by molar-refractivity contribution is 6.20. The maximum Gasteiger partial charge on any atom is 0.255 e. The summed E-state index contributed by atoms with van der Waals surface area (Å²) in [4.78, 5) is 33.8. The van der Waals surface area contributed by atoms with Gasteiger partial charge in [0.15, 0.2) is 5.78 Å². The van der Waals surface area contributed by atoms with Gasteiger partial charge in [-0.25, -0.2) is 0 Å². The molecule has 9 nitrogen and oxygen atoms in total. The highest BCUT2D eigenvalue weighted by atomic mass is 16.5. The average molecular weight is 502 g/mol. The predicted octanol–water partition coefficient (Wildman–Crippen LogP) is 2.78. The van der Waals surface area contributed by atoms with E-state index in [9.17, 15) is 19.8 Å². The number of aromatic nitrogens is 2. The molecule has 4 aromatic rings. The standard InChI is InChI=1S/C28H27N3O6/c1-28(2)20-11-17(37-14-23(34)22(33)13-32)6-8-18(20)25(35)24-19-7-5-15(10-21(19)31-26(24)28)27(36)30-16-4-3-9-29-12-16/h3-12,22-23,31-34H,13-14H2,1-2H3,(H,30,36)/t22-,23-/m1/s1. The predicted molar refractivity (Wildman–Crippen MR) is 137 cm³/mol. The van der Waals surface area contributed by atoms with E-state index in [1.165, 1.54) is 0 Å². The topological polar surface area (TPSA) is 145 Å². The molecule has 2 aromatic carbocycles. The van der Waals surface area contributed by atoms with Gasteiger partial charge in [-0.15, -0.1) is 0 Å². The van der Waals surface area contributed by atoms with Crippen LogP contribution in [0.25, 0.3) is 10.9 Å². The summed E-state index contributed by atoms with van der Waals surface area (Å²) >= 11 is 0. The van der Waals surface area contributed by atoms with Crippen LogP contribution in [-0.2, 0) is 5.41 Å². The van der Waals surface area contributed by atoms with Crippen molar-refractivity contribution >= 4 is 28.3 Å². The first-order valence-electron chi connectivity index (χ1n) is 11.9. The molecule has 9 heteroatoms. The summed E-state index contributed by atoms with van der Waals surface area (Å²) in [6, 6.07) is 13.8. The number of nitrogens with one attached hydrogen (secondary N) is 2. The molecule has 0 aliphatic heterocycles. The number of fused-ring (bicyclic) bond motifs is 4. The Bertz CT molecular complexity index is 1490. The normalized spacial score (nSPS) is 15.5. The molecule has 0 saturated carbocycles. The molecule has 5 rings (SSSR count). The zero-order valence-electron chi connectivity index (χ0n) is 20.4. The van der Waals surface area contributed by atoms with E-state index in [1.807, 2.05) is 13.8 Å². The smallest absolute Gasteiger partial charge is 0.255 e. The molecule has 190 valence electrons. The van der Waals surface area contributed by atoms with E-state index in [2.05, 4.69) is 15.3 Å². The molecule has 0 bridgehead atoms. The fourth-order valence-electron chi connectivity index (χ4n) is 4.70. The van der Waals surface area contributed by atoms with Crippen LogP contribution in [-0.4, -0.2) is 62.4 Å². The van der Waals surface area contributed by atoms with Crippen LogP contribution in [0.2, 0.25) is 0 Å². The van der Waals surface area contributed by atoms with Crippen LogP contribution in [0.1, 0.15) is 51.4 Å². The summed E-state index contributed by atoms with van der Waals surface area (Å²) in [7, 11) is 0. The van der Waals surface area contributed by atoms with E-state index in [-0.39, 0.29) is 18.3 Å². The number of hydrogen-bond acceptors (Lipinski definition) is 7. The van der Waals surface area contributed by atoms with E-state index >= 15 is 0 Å². The van der Waals surface area contributed by atoms with Crippen LogP contribution in [0.15, 0.2) is 60.9 Å². The molecular weight excluding hydrogens is 474 g/mol. The molecule has 1 aliphatic rings. The quantitative estimate of drug-likeness (QED) is 0.262. The van der Waals surface area contributed by atoms with E-state index < -0.39 is 24.2 Å². The van der Waals surface area contributed by atoms with E-state index in [4.69, 9.17) is 9.84 Å². The highest BCUT2D eigenvalue weighted by Crippen LogP contribution is 2.44. The van der Waals surface area contributed by atoms with Crippen LogP contribution < -0.4 is 10.1 Å². The van der Waals surface area contributed by atoms with Gasteiger partial charge in [0.05, 0.1) is 24.1 Å². The molecule has 2 atom stereocenters. The van der Waals surface area contributed by atoms with E-state index in [0.29, 0.717) is 33.6 Å². The summed E-state index contributed by atoms with van der Waals surface area (Å²) in [5.74, 6) is 0.00907.